The summed E-state index contributed by atoms with van der Waals surface area (Å²) in [7, 11) is 0. The van der Waals surface area contributed by atoms with E-state index in [1.807, 2.05) is 12.1 Å². The van der Waals surface area contributed by atoms with E-state index in [9.17, 15) is 4.79 Å². The van der Waals surface area contributed by atoms with Crippen LogP contribution in [0.1, 0.15) is 18.5 Å². The standard InChI is InChI=1S/C17H18ClN5O3/c18-14-2-1-13-12(21-14)5-8-23(13)15-9-16(20-10-19-15)26-11-3-6-22(7-4-11)17(24)25/h1-2,9-11H,3-8H2,(H,24,25). The Bertz CT molecular complexity index is 826. The van der Waals surface area contributed by atoms with Gasteiger partial charge in [-0.3, -0.25) is 0 Å². The Morgan fingerprint density at radius 3 is 2.81 bits per heavy atom. The zero-order chi connectivity index (χ0) is 18.1. The van der Waals surface area contributed by atoms with Crippen molar-refractivity contribution in [2.45, 2.75) is 25.4 Å². The molecule has 2 aromatic rings. The molecule has 0 aliphatic carbocycles. The Labute approximate surface area is 155 Å². The van der Waals surface area contributed by atoms with E-state index in [4.69, 9.17) is 21.4 Å². The van der Waals surface area contributed by atoms with E-state index in [0.717, 1.165) is 30.2 Å². The fraction of sp³-hybridized carbons (Fsp3) is 0.412. The summed E-state index contributed by atoms with van der Waals surface area (Å²) in [5.74, 6) is 1.25. The van der Waals surface area contributed by atoms with Crippen LogP contribution < -0.4 is 9.64 Å². The van der Waals surface area contributed by atoms with Gasteiger partial charge in [0.05, 0.1) is 11.4 Å². The first-order valence-electron chi connectivity index (χ1n) is 8.49. The fourth-order valence-electron chi connectivity index (χ4n) is 3.35. The number of hydrogen-bond donors (Lipinski definition) is 1. The molecular weight excluding hydrogens is 358 g/mol. The third-order valence-electron chi connectivity index (χ3n) is 4.68. The molecule has 2 aliphatic heterocycles. The number of rotatable bonds is 3. The van der Waals surface area contributed by atoms with Crippen LogP contribution in [0.5, 0.6) is 5.88 Å². The maximum Gasteiger partial charge on any atom is 0.407 e. The molecule has 8 nitrogen and oxygen atoms in total. The lowest BCUT2D eigenvalue weighted by Crippen LogP contribution is -2.41. The molecule has 0 spiro atoms. The first-order valence-corrected chi connectivity index (χ1v) is 8.87. The fourth-order valence-corrected chi connectivity index (χ4v) is 3.52. The number of piperidine rings is 1. The highest BCUT2D eigenvalue weighted by molar-refractivity contribution is 6.29. The van der Waals surface area contributed by atoms with Gasteiger partial charge < -0.3 is 19.6 Å². The summed E-state index contributed by atoms with van der Waals surface area (Å²) in [6.45, 7) is 1.73. The minimum Gasteiger partial charge on any atom is -0.474 e. The molecule has 2 aromatic heterocycles. The number of pyridine rings is 1. The molecule has 1 fully saturated rings. The van der Waals surface area contributed by atoms with Crippen LogP contribution in [-0.2, 0) is 6.42 Å². The number of carbonyl (C=O) groups is 1. The van der Waals surface area contributed by atoms with Gasteiger partial charge in [0, 0.05) is 45.0 Å². The molecule has 1 amide bonds. The number of hydrogen-bond acceptors (Lipinski definition) is 6. The smallest absolute Gasteiger partial charge is 0.407 e. The Morgan fingerprint density at radius 2 is 2.04 bits per heavy atom. The summed E-state index contributed by atoms with van der Waals surface area (Å²) in [5, 5.41) is 9.51. The number of halogens is 1. The highest BCUT2D eigenvalue weighted by Gasteiger charge is 2.26. The normalized spacial score (nSPS) is 17.3. The quantitative estimate of drug-likeness (QED) is 0.824. The van der Waals surface area contributed by atoms with Crippen molar-refractivity contribution in [2.24, 2.45) is 0 Å². The van der Waals surface area contributed by atoms with Gasteiger partial charge >= 0.3 is 6.09 Å². The SMILES string of the molecule is O=C(O)N1CCC(Oc2cc(N3CCc4nc(Cl)ccc43)ncn2)CC1. The average Bonchev–Trinajstić information content (AvgIpc) is 3.05. The third kappa shape index (κ3) is 3.37. The van der Waals surface area contributed by atoms with Gasteiger partial charge in [-0.2, -0.15) is 0 Å². The van der Waals surface area contributed by atoms with Crippen molar-refractivity contribution in [1.29, 1.82) is 0 Å². The molecule has 26 heavy (non-hydrogen) atoms. The number of likely N-dealkylation sites (tertiary alicyclic amines) is 1. The van der Waals surface area contributed by atoms with Crippen LogP contribution in [0.25, 0.3) is 0 Å². The molecule has 0 bridgehead atoms. The predicted molar refractivity (Wildman–Crippen MR) is 95.2 cm³/mol. The summed E-state index contributed by atoms with van der Waals surface area (Å²) in [6, 6.07) is 5.53. The number of aromatic nitrogens is 3. The van der Waals surface area contributed by atoms with Crippen LogP contribution >= 0.6 is 11.6 Å². The van der Waals surface area contributed by atoms with E-state index >= 15 is 0 Å². The van der Waals surface area contributed by atoms with E-state index in [-0.39, 0.29) is 6.10 Å². The van der Waals surface area contributed by atoms with Crippen LogP contribution in [0.2, 0.25) is 5.15 Å². The number of amides is 1. The maximum atomic E-state index is 11.0. The van der Waals surface area contributed by atoms with Gasteiger partial charge in [-0.15, -0.1) is 0 Å². The van der Waals surface area contributed by atoms with Crippen LogP contribution in [0, 0.1) is 0 Å². The lowest BCUT2D eigenvalue weighted by Gasteiger charge is -2.30. The van der Waals surface area contributed by atoms with Gasteiger partial charge in [0.15, 0.2) is 0 Å². The molecule has 0 saturated carbocycles. The second kappa shape index (κ2) is 6.95. The molecule has 136 valence electrons. The van der Waals surface area contributed by atoms with Gasteiger partial charge in [0.2, 0.25) is 5.88 Å². The van der Waals surface area contributed by atoms with Crippen molar-refractivity contribution in [1.82, 2.24) is 19.9 Å². The predicted octanol–water partition coefficient (Wildman–Crippen LogP) is 2.74. The summed E-state index contributed by atoms with van der Waals surface area (Å²) >= 11 is 5.97. The van der Waals surface area contributed by atoms with Crippen molar-refractivity contribution in [3.05, 3.63) is 35.4 Å². The molecule has 0 radical (unpaired) electrons. The number of nitrogens with zero attached hydrogens (tertiary/aromatic N) is 5. The molecule has 4 heterocycles. The Morgan fingerprint density at radius 1 is 1.23 bits per heavy atom. The Balaban J connectivity index is 1.46. The summed E-state index contributed by atoms with van der Waals surface area (Å²) in [5.41, 5.74) is 1.95. The molecule has 0 unspecified atom stereocenters. The largest absolute Gasteiger partial charge is 0.474 e. The van der Waals surface area contributed by atoms with E-state index in [2.05, 4.69) is 19.9 Å². The Kier molecular flexibility index (Phi) is 4.50. The molecule has 2 aliphatic rings. The minimum atomic E-state index is -0.880. The van der Waals surface area contributed by atoms with E-state index in [1.165, 1.54) is 11.2 Å². The number of ether oxygens (including phenoxy) is 1. The van der Waals surface area contributed by atoms with Crippen molar-refractivity contribution < 1.29 is 14.6 Å². The summed E-state index contributed by atoms with van der Waals surface area (Å²) in [4.78, 5) is 27.4. The van der Waals surface area contributed by atoms with Crippen LogP contribution in [0.4, 0.5) is 16.3 Å². The van der Waals surface area contributed by atoms with Crippen molar-refractivity contribution in [2.75, 3.05) is 24.5 Å². The lowest BCUT2D eigenvalue weighted by molar-refractivity contribution is 0.0870. The van der Waals surface area contributed by atoms with Gasteiger partial charge in [0.1, 0.15) is 23.4 Å². The Hall–Kier alpha value is -2.61. The van der Waals surface area contributed by atoms with Crippen molar-refractivity contribution in [3.8, 4) is 5.88 Å². The molecular formula is C17H18ClN5O3. The maximum absolute atomic E-state index is 11.0. The van der Waals surface area contributed by atoms with Crippen molar-refractivity contribution in [3.63, 3.8) is 0 Å². The van der Waals surface area contributed by atoms with E-state index in [0.29, 0.717) is 37.0 Å². The zero-order valence-corrected chi connectivity index (χ0v) is 14.8. The molecule has 1 N–H and O–H groups in total. The minimum absolute atomic E-state index is 0.0420. The number of fused-ring (bicyclic) bond motifs is 1. The second-order valence-corrected chi connectivity index (χ2v) is 6.69. The summed E-state index contributed by atoms with van der Waals surface area (Å²) in [6.07, 6.45) is 2.68. The average molecular weight is 376 g/mol. The molecule has 9 heteroatoms. The van der Waals surface area contributed by atoms with Crippen LogP contribution in [-0.4, -0.2) is 56.8 Å². The third-order valence-corrected chi connectivity index (χ3v) is 4.89. The zero-order valence-electron chi connectivity index (χ0n) is 14.0. The highest BCUT2D eigenvalue weighted by atomic mass is 35.5. The van der Waals surface area contributed by atoms with E-state index in [1.54, 1.807) is 6.07 Å². The first kappa shape index (κ1) is 16.8. The van der Waals surface area contributed by atoms with Gasteiger partial charge in [-0.25, -0.2) is 19.7 Å². The lowest BCUT2D eigenvalue weighted by atomic mass is 10.1. The topological polar surface area (TPSA) is 91.7 Å². The molecule has 0 atom stereocenters. The molecule has 0 aromatic carbocycles. The monoisotopic (exact) mass is 375 g/mol. The highest BCUT2D eigenvalue weighted by Crippen LogP contribution is 2.34. The molecule has 1 saturated heterocycles. The second-order valence-electron chi connectivity index (χ2n) is 6.30. The van der Waals surface area contributed by atoms with Gasteiger partial charge in [-0.1, -0.05) is 11.6 Å². The van der Waals surface area contributed by atoms with Crippen LogP contribution in [0.15, 0.2) is 24.5 Å². The van der Waals surface area contributed by atoms with Gasteiger partial charge in [0.25, 0.3) is 0 Å². The first-order chi connectivity index (χ1) is 12.6. The van der Waals surface area contributed by atoms with E-state index < -0.39 is 6.09 Å². The van der Waals surface area contributed by atoms with Crippen LogP contribution in [0.3, 0.4) is 0 Å². The number of anilines is 2. The van der Waals surface area contributed by atoms with Gasteiger partial charge in [-0.05, 0) is 12.1 Å². The van der Waals surface area contributed by atoms with Crippen molar-refractivity contribution >= 4 is 29.2 Å². The number of carboxylic acid groups (broad SMARTS) is 1. The summed E-state index contributed by atoms with van der Waals surface area (Å²) < 4.78 is 5.96. The molecule has 4 rings (SSSR count).